The van der Waals surface area contributed by atoms with Gasteiger partial charge in [-0.1, -0.05) is 24.8 Å². The number of aromatic nitrogens is 4. The molecule has 0 fully saturated rings. The Balaban J connectivity index is 2.11. The van der Waals surface area contributed by atoms with Crippen LogP contribution in [0.5, 0.6) is 5.75 Å². The largest absolute Gasteiger partial charge is 0.489 e. The highest BCUT2D eigenvalue weighted by Gasteiger charge is 2.32. The van der Waals surface area contributed by atoms with Crippen LogP contribution >= 0.6 is 0 Å². The molecule has 0 saturated heterocycles. The molecular formula is C25H26FN5O4. The van der Waals surface area contributed by atoms with Gasteiger partial charge in [-0.2, -0.15) is 4.90 Å². The number of ether oxygens (including phenoxy) is 2. The Morgan fingerprint density at radius 3 is 2.63 bits per heavy atom. The fourth-order valence-corrected chi connectivity index (χ4v) is 3.05. The maximum Gasteiger partial charge on any atom is 0.423 e. The lowest BCUT2D eigenvalue weighted by atomic mass is 10.1. The van der Waals surface area contributed by atoms with Crippen LogP contribution in [-0.2, 0) is 11.3 Å². The number of halogens is 1. The number of rotatable bonds is 8. The number of benzene rings is 1. The fourth-order valence-electron chi connectivity index (χ4n) is 3.05. The van der Waals surface area contributed by atoms with Crippen LogP contribution in [0.25, 0.3) is 11.5 Å². The first-order valence-corrected chi connectivity index (χ1v) is 10.7. The predicted octanol–water partition coefficient (Wildman–Crippen LogP) is 4.81. The van der Waals surface area contributed by atoms with Crippen molar-refractivity contribution >= 4 is 17.8 Å². The highest BCUT2D eigenvalue weighted by atomic mass is 19.1. The summed E-state index contributed by atoms with van der Waals surface area (Å²) in [5, 5.41) is 7.98. The van der Waals surface area contributed by atoms with Gasteiger partial charge in [0.1, 0.15) is 41.6 Å². The zero-order chi connectivity index (χ0) is 25.6. The first kappa shape index (κ1) is 25.3. The van der Waals surface area contributed by atoms with Crippen LogP contribution in [0.3, 0.4) is 0 Å². The molecule has 9 nitrogen and oxygen atoms in total. The quantitative estimate of drug-likeness (QED) is 0.428. The van der Waals surface area contributed by atoms with Gasteiger partial charge < -0.3 is 14.0 Å². The molecule has 0 aliphatic carbocycles. The number of hydrogen-bond donors (Lipinski definition) is 0. The van der Waals surface area contributed by atoms with Crippen molar-refractivity contribution in [1.29, 1.82) is 0 Å². The van der Waals surface area contributed by atoms with Crippen molar-refractivity contribution in [3.05, 3.63) is 79.4 Å². The summed E-state index contributed by atoms with van der Waals surface area (Å²) in [7, 11) is 0. The summed E-state index contributed by atoms with van der Waals surface area (Å²) in [6.45, 7) is 12.8. The van der Waals surface area contributed by atoms with E-state index < -0.39 is 23.4 Å². The van der Waals surface area contributed by atoms with Gasteiger partial charge in [-0.15, -0.1) is 16.8 Å². The molecule has 1 aromatic carbocycles. The van der Waals surface area contributed by atoms with Crippen molar-refractivity contribution in [1.82, 2.24) is 19.7 Å². The van der Waals surface area contributed by atoms with Crippen molar-refractivity contribution in [3.8, 4) is 17.3 Å². The van der Waals surface area contributed by atoms with E-state index in [9.17, 15) is 14.0 Å². The van der Waals surface area contributed by atoms with E-state index in [4.69, 9.17) is 9.47 Å². The number of imide groups is 1. The first-order valence-electron chi connectivity index (χ1n) is 10.7. The molecule has 0 unspecified atom stereocenters. The maximum atomic E-state index is 13.9. The zero-order valence-electron chi connectivity index (χ0n) is 19.8. The second-order valence-corrected chi connectivity index (χ2v) is 8.34. The molecule has 3 aromatic rings. The Labute approximate surface area is 202 Å². The number of anilines is 1. The lowest BCUT2D eigenvalue weighted by molar-refractivity contribution is 0.0563. The second kappa shape index (κ2) is 10.7. The van der Waals surface area contributed by atoms with Crippen LogP contribution in [0.4, 0.5) is 15.0 Å². The Kier molecular flexibility index (Phi) is 7.75. The molecule has 0 aliphatic rings. The Hall–Kier alpha value is -4.34. The third kappa shape index (κ3) is 6.17. The summed E-state index contributed by atoms with van der Waals surface area (Å²) < 4.78 is 26.6. The van der Waals surface area contributed by atoms with Gasteiger partial charge in [-0.25, -0.2) is 14.2 Å². The Morgan fingerprint density at radius 1 is 1.17 bits per heavy atom. The molecule has 2 heterocycles. The third-order valence-corrected chi connectivity index (χ3v) is 4.44. The molecule has 3 rings (SSSR count). The number of pyridine rings is 1. The van der Waals surface area contributed by atoms with Crippen LogP contribution in [0, 0.1) is 5.82 Å². The van der Waals surface area contributed by atoms with Gasteiger partial charge in [0.2, 0.25) is 0 Å². The predicted molar refractivity (Wildman–Crippen MR) is 129 cm³/mol. The molecule has 0 N–H and O–H groups in total. The van der Waals surface area contributed by atoms with Gasteiger partial charge >= 0.3 is 6.09 Å². The number of hydrogen-bond acceptors (Lipinski definition) is 7. The van der Waals surface area contributed by atoms with Gasteiger partial charge in [0.15, 0.2) is 5.82 Å². The Morgan fingerprint density at radius 2 is 1.94 bits per heavy atom. The molecule has 35 heavy (non-hydrogen) atoms. The summed E-state index contributed by atoms with van der Waals surface area (Å²) in [5.74, 6) is -1.07. The van der Waals surface area contributed by atoms with Crippen LogP contribution in [0.15, 0.2) is 68.0 Å². The Bertz CT molecular complexity index is 1250. The van der Waals surface area contributed by atoms with Gasteiger partial charge in [0.25, 0.3) is 5.91 Å². The van der Waals surface area contributed by atoms with E-state index in [1.165, 1.54) is 24.5 Å². The topological polar surface area (TPSA) is 99.4 Å². The summed E-state index contributed by atoms with van der Waals surface area (Å²) in [6.07, 6.45) is 3.68. The zero-order valence-corrected chi connectivity index (χ0v) is 19.8. The number of carbonyl (C=O) groups is 2. The van der Waals surface area contributed by atoms with Crippen LogP contribution < -0.4 is 9.64 Å². The van der Waals surface area contributed by atoms with Crippen molar-refractivity contribution in [2.75, 3.05) is 11.5 Å². The van der Waals surface area contributed by atoms with E-state index in [2.05, 4.69) is 28.3 Å². The number of allylic oxidation sites excluding steroid dienone is 1. The van der Waals surface area contributed by atoms with Crippen molar-refractivity contribution in [2.24, 2.45) is 0 Å². The molecule has 0 spiro atoms. The average molecular weight is 480 g/mol. The number of nitrogens with zero attached hydrogens (tertiary/aromatic N) is 5. The first-order chi connectivity index (χ1) is 16.6. The molecule has 2 amide bonds. The van der Waals surface area contributed by atoms with Crippen molar-refractivity contribution in [2.45, 2.75) is 32.9 Å². The van der Waals surface area contributed by atoms with E-state index in [0.717, 1.165) is 17.0 Å². The molecule has 0 bridgehead atoms. The highest BCUT2D eigenvalue weighted by molar-refractivity contribution is 6.19. The van der Waals surface area contributed by atoms with E-state index in [1.807, 2.05) is 0 Å². The normalized spacial score (nSPS) is 11.0. The van der Waals surface area contributed by atoms with Crippen LogP contribution in [0.1, 0.15) is 31.1 Å². The van der Waals surface area contributed by atoms with E-state index in [0.29, 0.717) is 18.1 Å². The fraction of sp³-hybridized carbons (Fsp3) is 0.240. The molecule has 2 aromatic heterocycles. The standard InChI is InChI=1S/C25H26FN5O4/c1-6-13-30-16-27-29-22(30)19-9-8-10-21(28-19)31(24(33)35-25(3,4)5)23(32)18-12-11-17(26)15-20(18)34-14-7-2/h6-12,15-16H,1-2,13-14H2,3-5H3. The number of carbonyl (C=O) groups excluding carboxylic acids is 2. The summed E-state index contributed by atoms with van der Waals surface area (Å²) in [6, 6.07) is 8.16. The lowest BCUT2D eigenvalue weighted by Crippen LogP contribution is -2.41. The van der Waals surface area contributed by atoms with E-state index >= 15 is 0 Å². The smallest absolute Gasteiger partial charge is 0.423 e. The highest BCUT2D eigenvalue weighted by Crippen LogP contribution is 2.27. The molecule has 10 heteroatoms. The molecule has 182 valence electrons. The molecule has 0 atom stereocenters. The van der Waals surface area contributed by atoms with E-state index in [-0.39, 0.29) is 23.7 Å². The molecular weight excluding hydrogens is 453 g/mol. The summed E-state index contributed by atoms with van der Waals surface area (Å²) in [4.78, 5) is 32.1. The van der Waals surface area contributed by atoms with Crippen molar-refractivity contribution in [3.63, 3.8) is 0 Å². The average Bonchev–Trinajstić information content (AvgIpc) is 3.25. The maximum absolute atomic E-state index is 13.9. The third-order valence-electron chi connectivity index (χ3n) is 4.44. The summed E-state index contributed by atoms with van der Waals surface area (Å²) >= 11 is 0. The van der Waals surface area contributed by atoms with Crippen LogP contribution in [-0.4, -0.2) is 44.0 Å². The monoisotopic (exact) mass is 479 g/mol. The summed E-state index contributed by atoms with van der Waals surface area (Å²) in [5.41, 5.74) is -0.589. The minimum atomic E-state index is -0.960. The van der Waals surface area contributed by atoms with Gasteiger partial charge in [0.05, 0.1) is 5.56 Å². The number of amides is 2. The minimum Gasteiger partial charge on any atom is -0.489 e. The van der Waals surface area contributed by atoms with Gasteiger partial charge in [-0.3, -0.25) is 4.79 Å². The van der Waals surface area contributed by atoms with Crippen molar-refractivity contribution < 1.29 is 23.5 Å². The van der Waals surface area contributed by atoms with Gasteiger partial charge in [-0.05, 0) is 45.0 Å². The van der Waals surface area contributed by atoms with E-state index in [1.54, 1.807) is 43.5 Å². The molecule has 0 radical (unpaired) electrons. The molecule has 0 aliphatic heterocycles. The second-order valence-electron chi connectivity index (χ2n) is 8.34. The molecule has 0 saturated carbocycles. The van der Waals surface area contributed by atoms with Gasteiger partial charge in [0, 0.05) is 12.6 Å². The lowest BCUT2D eigenvalue weighted by Gasteiger charge is -2.26. The minimum absolute atomic E-state index is 0.0195. The SMILES string of the molecule is C=CCOc1cc(F)ccc1C(=O)N(C(=O)OC(C)(C)C)c1cccc(-c2nncn2CC=C)n1. The van der Waals surface area contributed by atoms with Crippen LogP contribution in [0.2, 0.25) is 0 Å².